The van der Waals surface area contributed by atoms with Crippen LogP contribution >= 0.6 is 0 Å². The van der Waals surface area contributed by atoms with Crippen LogP contribution in [-0.2, 0) is 4.79 Å². The first-order valence-electron chi connectivity index (χ1n) is 7.79. The molecule has 2 saturated carbocycles. The highest BCUT2D eigenvalue weighted by molar-refractivity contribution is 5.79. The van der Waals surface area contributed by atoms with E-state index in [1.165, 1.54) is 44.9 Å². The maximum Gasteiger partial charge on any atom is 0.223 e. The number of rotatable bonds is 5. The van der Waals surface area contributed by atoms with Gasteiger partial charge in [-0.05, 0) is 37.6 Å². The van der Waals surface area contributed by atoms with E-state index in [0.717, 1.165) is 25.3 Å². The lowest BCUT2D eigenvalue weighted by Gasteiger charge is -2.22. The Morgan fingerprint density at radius 3 is 2.56 bits per heavy atom. The van der Waals surface area contributed by atoms with Crippen LogP contribution in [0.1, 0.15) is 57.8 Å². The minimum absolute atomic E-state index is 0.196. The summed E-state index contributed by atoms with van der Waals surface area (Å²) in [5, 5.41) is 3.14. The summed E-state index contributed by atoms with van der Waals surface area (Å²) < 4.78 is 0. The summed E-state index contributed by atoms with van der Waals surface area (Å²) in [4.78, 5) is 12.1. The highest BCUT2D eigenvalue weighted by Crippen LogP contribution is 2.31. The number of hydrogen-bond donors (Lipinski definition) is 2. The minimum atomic E-state index is 0.196. The third-order valence-corrected chi connectivity index (χ3v) is 4.88. The molecule has 104 valence electrons. The zero-order chi connectivity index (χ0) is 12.8. The summed E-state index contributed by atoms with van der Waals surface area (Å²) in [6, 6.07) is 0. The maximum atomic E-state index is 12.1. The molecule has 0 aromatic heterocycles. The summed E-state index contributed by atoms with van der Waals surface area (Å²) in [5.41, 5.74) is 5.73. The smallest absolute Gasteiger partial charge is 0.223 e. The van der Waals surface area contributed by atoms with Crippen molar-refractivity contribution in [2.45, 2.75) is 57.8 Å². The molecule has 2 rings (SSSR count). The van der Waals surface area contributed by atoms with Gasteiger partial charge in [0.05, 0.1) is 0 Å². The van der Waals surface area contributed by atoms with Crippen LogP contribution < -0.4 is 11.1 Å². The average Bonchev–Trinajstić information content (AvgIpc) is 2.88. The number of nitrogens with one attached hydrogen (secondary N) is 1. The van der Waals surface area contributed by atoms with Gasteiger partial charge in [-0.3, -0.25) is 4.79 Å². The van der Waals surface area contributed by atoms with Gasteiger partial charge in [-0.25, -0.2) is 0 Å². The maximum absolute atomic E-state index is 12.1. The van der Waals surface area contributed by atoms with Crippen molar-refractivity contribution >= 4 is 5.91 Å². The molecule has 0 radical (unpaired) electrons. The fourth-order valence-electron chi connectivity index (χ4n) is 3.67. The Labute approximate surface area is 111 Å². The molecule has 0 spiro atoms. The Balaban J connectivity index is 1.64. The molecule has 0 saturated heterocycles. The van der Waals surface area contributed by atoms with Crippen LogP contribution in [0.4, 0.5) is 0 Å². The largest absolute Gasteiger partial charge is 0.356 e. The molecule has 0 aliphatic heterocycles. The molecule has 2 fully saturated rings. The molecule has 2 aliphatic rings. The van der Waals surface area contributed by atoms with Crippen molar-refractivity contribution in [1.82, 2.24) is 5.32 Å². The fraction of sp³-hybridized carbons (Fsp3) is 0.933. The van der Waals surface area contributed by atoms with E-state index in [-0.39, 0.29) is 11.8 Å². The zero-order valence-electron chi connectivity index (χ0n) is 11.5. The van der Waals surface area contributed by atoms with Gasteiger partial charge in [-0.2, -0.15) is 0 Å². The lowest BCUT2D eigenvalue weighted by molar-refractivity contribution is -0.126. The third kappa shape index (κ3) is 3.71. The van der Waals surface area contributed by atoms with E-state index < -0.39 is 0 Å². The highest BCUT2D eigenvalue weighted by atomic mass is 16.1. The van der Waals surface area contributed by atoms with E-state index in [9.17, 15) is 4.79 Å². The molecule has 3 nitrogen and oxygen atoms in total. The first kappa shape index (κ1) is 13.9. The predicted molar refractivity (Wildman–Crippen MR) is 74.1 cm³/mol. The zero-order valence-corrected chi connectivity index (χ0v) is 11.5. The molecule has 3 heteroatoms. The van der Waals surface area contributed by atoms with Gasteiger partial charge < -0.3 is 11.1 Å². The van der Waals surface area contributed by atoms with Gasteiger partial charge in [-0.1, -0.05) is 38.5 Å². The van der Waals surface area contributed by atoms with E-state index in [1.807, 2.05) is 0 Å². The van der Waals surface area contributed by atoms with E-state index in [2.05, 4.69) is 5.32 Å². The summed E-state index contributed by atoms with van der Waals surface area (Å²) in [6.07, 6.45) is 11.4. The lowest BCUT2D eigenvalue weighted by Crippen LogP contribution is -2.36. The molecule has 1 amide bonds. The molecule has 0 aromatic carbocycles. The average molecular weight is 252 g/mol. The minimum Gasteiger partial charge on any atom is -0.356 e. The number of nitrogens with two attached hydrogens (primary N) is 1. The quantitative estimate of drug-likeness (QED) is 0.789. The summed E-state index contributed by atoms with van der Waals surface area (Å²) in [6.45, 7) is 1.54. The number of carbonyl (C=O) groups is 1. The van der Waals surface area contributed by atoms with Gasteiger partial charge in [0.2, 0.25) is 5.91 Å². The van der Waals surface area contributed by atoms with E-state index >= 15 is 0 Å². The predicted octanol–water partition coefficient (Wildman–Crippen LogP) is 2.45. The van der Waals surface area contributed by atoms with Gasteiger partial charge in [0.1, 0.15) is 0 Å². The second-order valence-electron chi connectivity index (χ2n) is 6.12. The van der Waals surface area contributed by atoms with Gasteiger partial charge in [0.25, 0.3) is 0 Å². The van der Waals surface area contributed by atoms with Crippen molar-refractivity contribution in [1.29, 1.82) is 0 Å². The lowest BCUT2D eigenvalue weighted by atomic mass is 9.87. The van der Waals surface area contributed by atoms with Crippen molar-refractivity contribution in [2.24, 2.45) is 23.5 Å². The monoisotopic (exact) mass is 252 g/mol. The topological polar surface area (TPSA) is 55.1 Å². The highest BCUT2D eigenvalue weighted by Gasteiger charge is 2.31. The number of amides is 1. The standard InChI is InChI=1S/C15H28N2O/c16-11-13-7-4-8-14(13)15(18)17-10-9-12-5-2-1-3-6-12/h12-14H,1-11,16H2,(H,17,18)/t13-,14-/m1/s1. The molecular weight excluding hydrogens is 224 g/mol. The van der Waals surface area contributed by atoms with Crippen LogP contribution in [0, 0.1) is 17.8 Å². The molecule has 3 N–H and O–H groups in total. The van der Waals surface area contributed by atoms with Crippen molar-refractivity contribution in [3.05, 3.63) is 0 Å². The molecule has 0 aromatic rings. The van der Waals surface area contributed by atoms with Crippen LogP contribution in [0.3, 0.4) is 0 Å². The Kier molecular flexibility index (Phi) is 5.48. The van der Waals surface area contributed by atoms with Crippen molar-refractivity contribution < 1.29 is 4.79 Å². The van der Waals surface area contributed by atoms with Crippen LogP contribution in [0.25, 0.3) is 0 Å². The van der Waals surface area contributed by atoms with E-state index in [0.29, 0.717) is 12.5 Å². The molecule has 18 heavy (non-hydrogen) atoms. The molecule has 0 unspecified atom stereocenters. The SMILES string of the molecule is NC[C@H]1CCC[C@H]1C(=O)NCCC1CCCCC1. The third-order valence-electron chi connectivity index (χ3n) is 4.88. The first-order chi connectivity index (χ1) is 8.81. The Bertz CT molecular complexity index is 261. The van der Waals surface area contributed by atoms with Gasteiger partial charge >= 0.3 is 0 Å². The summed E-state index contributed by atoms with van der Waals surface area (Å²) in [5.74, 6) is 1.74. The normalized spacial score (nSPS) is 29.4. The van der Waals surface area contributed by atoms with Crippen LogP contribution in [0.15, 0.2) is 0 Å². The van der Waals surface area contributed by atoms with E-state index in [1.54, 1.807) is 0 Å². The Morgan fingerprint density at radius 2 is 1.83 bits per heavy atom. The van der Waals surface area contributed by atoms with Crippen LogP contribution in [0.5, 0.6) is 0 Å². The molecular formula is C15H28N2O. The van der Waals surface area contributed by atoms with Crippen molar-refractivity contribution in [2.75, 3.05) is 13.1 Å². The first-order valence-corrected chi connectivity index (χ1v) is 7.79. The molecule has 0 bridgehead atoms. The summed E-state index contributed by atoms with van der Waals surface area (Å²) in [7, 11) is 0. The second kappa shape index (κ2) is 7.13. The Hall–Kier alpha value is -0.570. The second-order valence-corrected chi connectivity index (χ2v) is 6.12. The van der Waals surface area contributed by atoms with Crippen LogP contribution in [0.2, 0.25) is 0 Å². The molecule has 0 heterocycles. The molecule has 2 aliphatic carbocycles. The van der Waals surface area contributed by atoms with E-state index in [4.69, 9.17) is 5.73 Å². The van der Waals surface area contributed by atoms with Gasteiger partial charge in [-0.15, -0.1) is 0 Å². The summed E-state index contributed by atoms with van der Waals surface area (Å²) >= 11 is 0. The Morgan fingerprint density at radius 1 is 1.06 bits per heavy atom. The number of hydrogen-bond acceptors (Lipinski definition) is 2. The van der Waals surface area contributed by atoms with Crippen LogP contribution in [-0.4, -0.2) is 19.0 Å². The fourth-order valence-corrected chi connectivity index (χ4v) is 3.67. The van der Waals surface area contributed by atoms with Crippen molar-refractivity contribution in [3.8, 4) is 0 Å². The van der Waals surface area contributed by atoms with Crippen molar-refractivity contribution in [3.63, 3.8) is 0 Å². The van der Waals surface area contributed by atoms with Gasteiger partial charge in [0, 0.05) is 12.5 Å². The number of carbonyl (C=O) groups excluding carboxylic acids is 1. The van der Waals surface area contributed by atoms with Gasteiger partial charge in [0.15, 0.2) is 0 Å². The molecule has 2 atom stereocenters.